The van der Waals surface area contributed by atoms with Crippen molar-refractivity contribution in [2.75, 3.05) is 77.5 Å². The van der Waals surface area contributed by atoms with Gasteiger partial charge < -0.3 is 25.3 Å². The van der Waals surface area contributed by atoms with Gasteiger partial charge in [0.15, 0.2) is 5.13 Å². The van der Waals surface area contributed by atoms with Gasteiger partial charge in [0.1, 0.15) is 0 Å². The van der Waals surface area contributed by atoms with Gasteiger partial charge in [0.05, 0.1) is 5.69 Å². The van der Waals surface area contributed by atoms with Crippen LogP contribution in [0.1, 0.15) is 25.7 Å². The average molecular weight is 553 g/mol. The second-order valence-electron chi connectivity index (χ2n) is 9.73. The Kier molecular flexibility index (Phi) is 7.36. The van der Waals surface area contributed by atoms with E-state index < -0.39 is 0 Å². The molecule has 3 aliphatic rings. The van der Waals surface area contributed by atoms with Crippen LogP contribution in [0.25, 0.3) is 11.3 Å². The second-order valence-corrected chi connectivity index (χ2v) is 11.3. The number of carbonyl (C=O) groups excluding carboxylic acids is 1. The molecule has 3 fully saturated rings. The highest BCUT2D eigenvalue weighted by Gasteiger charge is 2.27. The number of hydrogen-bond donors (Lipinski definition) is 2. The molecule has 6 rings (SSSR count). The molecule has 3 aromatic rings. The van der Waals surface area contributed by atoms with Crippen molar-refractivity contribution in [1.82, 2.24) is 24.8 Å². The summed E-state index contributed by atoms with van der Waals surface area (Å²) in [5.74, 6) is 2.29. The molecule has 0 saturated carbocycles. The van der Waals surface area contributed by atoms with Crippen LogP contribution in [0, 0.1) is 0 Å². The van der Waals surface area contributed by atoms with Crippen molar-refractivity contribution < 1.29 is 4.79 Å². The summed E-state index contributed by atoms with van der Waals surface area (Å²) >= 11 is 2.55. The van der Waals surface area contributed by atoms with Crippen LogP contribution in [0.5, 0.6) is 0 Å². The summed E-state index contributed by atoms with van der Waals surface area (Å²) in [5, 5.41) is 2.65. The number of anilines is 5. The summed E-state index contributed by atoms with van der Waals surface area (Å²) < 4.78 is 3.11. The minimum Gasteiger partial charge on any atom is -0.399 e. The lowest BCUT2D eigenvalue weighted by molar-refractivity contribution is 0.219. The Bertz CT molecular complexity index is 1220. The van der Waals surface area contributed by atoms with Crippen LogP contribution in [0.4, 0.5) is 33.5 Å². The van der Waals surface area contributed by atoms with Gasteiger partial charge in [0.2, 0.25) is 17.8 Å². The van der Waals surface area contributed by atoms with Crippen molar-refractivity contribution in [3.63, 3.8) is 0 Å². The monoisotopic (exact) mass is 552 g/mol. The number of hydrogen-bond acceptors (Lipinski definition) is 12. The molecule has 0 atom stereocenters. The second kappa shape index (κ2) is 11.2. The van der Waals surface area contributed by atoms with Crippen LogP contribution in [-0.2, 0) is 0 Å². The maximum atomic E-state index is 12.9. The number of nitrogens with zero attached hydrogens (tertiary/aromatic N) is 8. The third-order valence-electron chi connectivity index (χ3n) is 7.13. The molecule has 5 heterocycles. The molecular formula is C25H32N10OS2. The molecule has 0 bridgehead atoms. The average Bonchev–Trinajstić information content (AvgIpc) is 3.75. The zero-order valence-corrected chi connectivity index (χ0v) is 22.9. The van der Waals surface area contributed by atoms with Crippen LogP contribution < -0.4 is 25.2 Å². The lowest BCUT2D eigenvalue weighted by atomic mass is 10.2. The zero-order chi connectivity index (χ0) is 25.9. The van der Waals surface area contributed by atoms with Crippen molar-refractivity contribution in [3.05, 3.63) is 29.6 Å². The quantitative estimate of drug-likeness (QED) is 0.343. The normalized spacial score (nSPS) is 17.9. The number of aromatic nitrogens is 4. The molecule has 38 heavy (non-hydrogen) atoms. The predicted molar refractivity (Wildman–Crippen MR) is 155 cm³/mol. The molecule has 1 amide bonds. The summed E-state index contributed by atoms with van der Waals surface area (Å²) in [7, 11) is 0. The van der Waals surface area contributed by atoms with Gasteiger partial charge in [-0.1, -0.05) is 12.1 Å². The van der Waals surface area contributed by atoms with E-state index in [1.807, 2.05) is 34.5 Å². The third-order valence-corrected chi connectivity index (χ3v) is 8.75. The Morgan fingerprint density at radius 1 is 0.763 bits per heavy atom. The van der Waals surface area contributed by atoms with E-state index in [4.69, 9.17) is 20.7 Å². The number of nitrogens with one attached hydrogen (secondary N) is 1. The summed E-state index contributed by atoms with van der Waals surface area (Å²) in [4.78, 5) is 40.6. The van der Waals surface area contributed by atoms with Crippen molar-refractivity contribution in [2.45, 2.75) is 25.7 Å². The van der Waals surface area contributed by atoms with E-state index in [-0.39, 0.29) is 5.24 Å². The molecule has 0 spiro atoms. The van der Waals surface area contributed by atoms with Crippen molar-refractivity contribution in [2.24, 2.45) is 0 Å². The SMILES string of the molecule is Nc1ccc(-c2csc(NSC(=O)N3CCN(c4nc(N5CCCC5)nc(N5CCCC5)n4)CC3)n2)cc1. The summed E-state index contributed by atoms with van der Waals surface area (Å²) in [6.45, 7) is 6.59. The number of nitrogen functional groups attached to an aromatic ring is 1. The Labute approximate surface area is 230 Å². The van der Waals surface area contributed by atoms with Crippen LogP contribution in [0.15, 0.2) is 29.6 Å². The van der Waals surface area contributed by atoms with Crippen LogP contribution >= 0.6 is 23.3 Å². The number of piperazine rings is 1. The number of rotatable bonds is 6. The van der Waals surface area contributed by atoms with Crippen molar-refractivity contribution in [1.29, 1.82) is 0 Å². The fourth-order valence-corrected chi connectivity index (χ4v) is 6.36. The molecule has 3 aliphatic heterocycles. The Hall–Kier alpha value is -3.32. The number of carbonyl (C=O) groups is 1. The number of nitrogens with two attached hydrogens (primary N) is 1. The van der Waals surface area contributed by atoms with Crippen LogP contribution in [0.2, 0.25) is 0 Å². The van der Waals surface area contributed by atoms with E-state index >= 15 is 0 Å². The first kappa shape index (κ1) is 25.0. The van der Waals surface area contributed by atoms with Gasteiger partial charge in [-0.3, -0.25) is 9.52 Å². The smallest absolute Gasteiger partial charge is 0.302 e. The number of benzene rings is 1. The highest BCUT2D eigenvalue weighted by Crippen LogP contribution is 2.28. The largest absolute Gasteiger partial charge is 0.399 e. The van der Waals surface area contributed by atoms with E-state index in [9.17, 15) is 4.79 Å². The summed E-state index contributed by atoms with van der Waals surface area (Å²) in [6, 6.07) is 7.61. The van der Waals surface area contributed by atoms with Crippen LogP contribution in [-0.4, -0.2) is 82.4 Å². The minimum absolute atomic E-state index is 0.0138. The zero-order valence-electron chi connectivity index (χ0n) is 21.3. The molecule has 0 aliphatic carbocycles. The van der Waals surface area contributed by atoms with Gasteiger partial charge >= 0.3 is 5.24 Å². The summed E-state index contributed by atoms with van der Waals surface area (Å²) in [5.41, 5.74) is 8.35. The molecule has 2 aromatic heterocycles. The molecule has 200 valence electrons. The Morgan fingerprint density at radius 2 is 1.29 bits per heavy atom. The molecule has 0 unspecified atom stereocenters. The van der Waals surface area contributed by atoms with Gasteiger partial charge in [0.25, 0.3) is 0 Å². The molecule has 0 radical (unpaired) electrons. The van der Waals surface area contributed by atoms with E-state index in [2.05, 4.69) is 24.4 Å². The maximum absolute atomic E-state index is 12.9. The van der Waals surface area contributed by atoms with Gasteiger partial charge in [-0.25, -0.2) is 4.98 Å². The van der Waals surface area contributed by atoms with Crippen molar-refractivity contribution in [3.8, 4) is 11.3 Å². The molecular weight excluding hydrogens is 520 g/mol. The molecule has 1 aromatic carbocycles. The standard InChI is InChI=1S/C25H32N10OS2/c26-19-7-5-18(6-8-19)20-17-37-24(27-20)31-38-25(36)35-15-13-34(14-16-35)23-29-21(32-9-1-2-10-32)28-22(30-23)33-11-3-4-12-33/h5-8,17H,1-4,9-16,26H2,(H,27,31). The fraction of sp³-hybridized carbons (Fsp3) is 0.480. The van der Waals surface area contributed by atoms with Gasteiger partial charge in [-0.15, -0.1) is 11.3 Å². The molecule has 11 nitrogen and oxygen atoms in total. The first-order valence-corrected chi connectivity index (χ1v) is 14.9. The van der Waals surface area contributed by atoms with Crippen molar-refractivity contribution >= 4 is 57.2 Å². The van der Waals surface area contributed by atoms with E-state index in [1.54, 1.807) is 0 Å². The number of thiazole rings is 1. The van der Waals surface area contributed by atoms with E-state index in [0.29, 0.717) is 31.3 Å². The summed E-state index contributed by atoms with van der Waals surface area (Å²) in [6.07, 6.45) is 4.71. The third kappa shape index (κ3) is 5.58. The molecule has 13 heteroatoms. The lowest BCUT2D eigenvalue weighted by Crippen LogP contribution is -2.48. The van der Waals surface area contributed by atoms with Gasteiger partial charge in [-0.05, 0) is 37.8 Å². The first-order valence-electron chi connectivity index (χ1n) is 13.2. The topological polar surface area (TPSA) is 120 Å². The highest BCUT2D eigenvalue weighted by atomic mass is 32.2. The maximum Gasteiger partial charge on any atom is 0.302 e. The minimum atomic E-state index is -0.0138. The Morgan fingerprint density at radius 3 is 1.84 bits per heavy atom. The first-order chi connectivity index (χ1) is 18.6. The van der Waals surface area contributed by atoms with Gasteiger partial charge in [-0.2, -0.15) is 15.0 Å². The fourth-order valence-electron chi connectivity index (χ4n) is 4.95. The predicted octanol–water partition coefficient (Wildman–Crippen LogP) is 3.78. The van der Waals surface area contributed by atoms with E-state index in [0.717, 1.165) is 72.9 Å². The van der Waals surface area contributed by atoms with Crippen LogP contribution in [0.3, 0.4) is 0 Å². The molecule has 3 N–H and O–H groups in total. The molecule has 3 saturated heterocycles. The van der Waals surface area contributed by atoms with Gasteiger partial charge in [0, 0.05) is 80.9 Å². The van der Waals surface area contributed by atoms with E-state index in [1.165, 1.54) is 37.0 Å². The highest BCUT2D eigenvalue weighted by molar-refractivity contribution is 8.14. The Balaban J connectivity index is 1.06. The lowest BCUT2D eigenvalue weighted by Gasteiger charge is -2.35. The number of amides is 1.